The molecule has 0 aliphatic carbocycles. The first-order chi connectivity index (χ1) is 10.2. The van der Waals surface area contributed by atoms with Crippen LogP contribution < -0.4 is 5.32 Å². The zero-order valence-corrected chi connectivity index (χ0v) is 13.9. The fourth-order valence-electron chi connectivity index (χ4n) is 2.09. The normalized spacial score (nSPS) is 11.5. The summed E-state index contributed by atoms with van der Waals surface area (Å²) in [5.74, 6) is 0.952. The molecule has 0 heterocycles. The summed E-state index contributed by atoms with van der Waals surface area (Å²) in [6.45, 7) is 7.55. The molecule has 0 saturated carbocycles. The van der Waals surface area contributed by atoms with Crippen LogP contribution in [0.5, 0.6) is 0 Å². The van der Waals surface area contributed by atoms with E-state index in [0.717, 1.165) is 45.0 Å². The summed E-state index contributed by atoms with van der Waals surface area (Å²) in [5, 5.41) is 3.34. The Bertz CT molecular complexity index is 415. The molecule has 4 nitrogen and oxygen atoms in total. The van der Waals surface area contributed by atoms with Crippen LogP contribution in [0, 0.1) is 0 Å². The predicted octanol–water partition coefficient (Wildman–Crippen LogP) is 2.68. The average molecular weight is 291 g/mol. The Balaban J connectivity index is 2.59. The Hall–Kier alpha value is -1.55. The minimum absolute atomic E-state index is 0.755. The molecule has 1 N–H and O–H groups in total. The van der Waals surface area contributed by atoms with Gasteiger partial charge < -0.3 is 15.0 Å². The average Bonchev–Trinajstić information content (AvgIpc) is 2.51. The predicted molar refractivity (Wildman–Crippen MR) is 89.8 cm³/mol. The third-order valence-corrected chi connectivity index (χ3v) is 3.32. The van der Waals surface area contributed by atoms with Gasteiger partial charge in [-0.3, -0.25) is 4.99 Å². The van der Waals surface area contributed by atoms with E-state index in [-0.39, 0.29) is 0 Å². The van der Waals surface area contributed by atoms with Crippen molar-refractivity contribution >= 4 is 5.96 Å². The molecule has 118 valence electrons. The van der Waals surface area contributed by atoms with Crippen molar-refractivity contribution < 1.29 is 4.74 Å². The van der Waals surface area contributed by atoms with Gasteiger partial charge in [-0.1, -0.05) is 31.2 Å². The second kappa shape index (κ2) is 10.2. The Kier molecular flexibility index (Phi) is 8.51. The van der Waals surface area contributed by atoms with Gasteiger partial charge in [0.25, 0.3) is 0 Å². The van der Waals surface area contributed by atoms with Crippen molar-refractivity contribution in [2.75, 3.05) is 33.9 Å². The summed E-state index contributed by atoms with van der Waals surface area (Å²) >= 11 is 0. The van der Waals surface area contributed by atoms with Crippen molar-refractivity contribution in [1.29, 1.82) is 0 Å². The van der Waals surface area contributed by atoms with Crippen LogP contribution in [0.25, 0.3) is 0 Å². The summed E-state index contributed by atoms with van der Waals surface area (Å²) in [7, 11) is 3.80. The van der Waals surface area contributed by atoms with Gasteiger partial charge in [0.1, 0.15) is 0 Å². The fraction of sp³-hybridized carbons (Fsp3) is 0.588. The fourth-order valence-corrected chi connectivity index (χ4v) is 2.09. The van der Waals surface area contributed by atoms with Gasteiger partial charge in [-0.15, -0.1) is 0 Å². The summed E-state index contributed by atoms with van der Waals surface area (Å²) < 4.78 is 5.06. The number of aliphatic imine (C=N–C) groups is 1. The van der Waals surface area contributed by atoms with Crippen LogP contribution in [0.4, 0.5) is 0 Å². The summed E-state index contributed by atoms with van der Waals surface area (Å²) in [4.78, 5) is 6.80. The molecule has 0 radical (unpaired) electrons. The maximum absolute atomic E-state index is 5.06. The van der Waals surface area contributed by atoms with Crippen LogP contribution in [0.3, 0.4) is 0 Å². The highest BCUT2D eigenvalue weighted by atomic mass is 16.5. The minimum atomic E-state index is 0.755. The van der Waals surface area contributed by atoms with E-state index in [1.807, 2.05) is 0 Å². The van der Waals surface area contributed by atoms with E-state index in [1.165, 1.54) is 11.1 Å². The molecule has 0 saturated heterocycles. The molecule has 0 amide bonds. The molecule has 1 rings (SSSR count). The Morgan fingerprint density at radius 3 is 2.43 bits per heavy atom. The van der Waals surface area contributed by atoms with Crippen LogP contribution >= 0.6 is 0 Å². The van der Waals surface area contributed by atoms with Gasteiger partial charge in [-0.05, 0) is 30.9 Å². The molecule has 21 heavy (non-hydrogen) atoms. The van der Waals surface area contributed by atoms with Crippen LogP contribution in [-0.2, 0) is 17.7 Å². The molecule has 0 aliphatic rings. The zero-order chi connectivity index (χ0) is 15.5. The number of guanidine groups is 1. The van der Waals surface area contributed by atoms with Crippen molar-refractivity contribution in [3.63, 3.8) is 0 Å². The van der Waals surface area contributed by atoms with E-state index in [0.29, 0.717) is 0 Å². The number of hydrogen-bond acceptors (Lipinski definition) is 2. The van der Waals surface area contributed by atoms with Crippen LogP contribution in [0.2, 0.25) is 0 Å². The number of benzene rings is 1. The van der Waals surface area contributed by atoms with Gasteiger partial charge in [0.05, 0.1) is 0 Å². The molecule has 0 unspecified atom stereocenters. The van der Waals surface area contributed by atoms with Gasteiger partial charge >= 0.3 is 0 Å². The second-order valence-electron chi connectivity index (χ2n) is 5.11. The van der Waals surface area contributed by atoms with E-state index in [2.05, 4.69) is 60.4 Å². The molecule has 1 aromatic rings. The first-order valence-electron chi connectivity index (χ1n) is 7.77. The molecule has 0 fully saturated rings. The van der Waals surface area contributed by atoms with Crippen molar-refractivity contribution in [3.05, 3.63) is 35.4 Å². The highest BCUT2D eigenvalue weighted by molar-refractivity contribution is 5.79. The van der Waals surface area contributed by atoms with Crippen LogP contribution in [0.15, 0.2) is 29.3 Å². The van der Waals surface area contributed by atoms with Gasteiger partial charge in [0, 0.05) is 40.4 Å². The maximum Gasteiger partial charge on any atom is 0.193 e. The van der Waals surface area contributed by atoms with E-state index in [4.69, 9.17) is 4.74 Å². The van der Waals surface area contributed by atoms with E-state index < -0.39 is 0 Å². The summed E-state index contributed by atoms with van der Waals surface area (Å²) in [5.41, 5.74) is 2.68. The highest BCUT2D eigenvalue weighted by Gasteiger charge is 2.06. The largest absolute Gasteiger partial charge is 0.385 e. The number of nitrogens with one attached hydrogen (secondary N) is 1. The number of methoxy groups -OCH3 is 1. The molecule has 0 spiro atoms. The lowest BCUT2D eigenvalue weighted by molar-refractivity contribution is 0.197. The monoisotopic (exact) mass is 291 g/mol. The molecule has 0 atom stereocenters. The lowest BCUT2D eigenvalue weighted by Gasteiger charge is -2.22. The number of rotatable bonds is 8. The summed E-state index contributed by atoms with van der Waals surface area (Å²) in [6, 6.07) is 8.80. The highest BCUT2D eigenvalue weighted by Crippen LogP contribution is 2.07. The topological polar surface area (TPSA) is 36.9 Å². The number of nitrogens with zero attached hydrogens (tertiary/aromatic N) is 2. The third kappa shape index (κ3) is 6.63. The number of aryl methyl sites for hydroxylation is 1. The van der Waals surface area contributed by atoms with E-state index in [9.17, 15) is 0 Å². The van der Waals surface area contributed by atoms with Crippen LogP contribution in [-0.4, -0.2) is 44.7 Å². The van der Waals surface area contributed by atoms with E-state index in [1.54, 1.807) is 7.11 Å². The molecule has 4 heteroatoms. The standard InChI is InChI=1S/C17H29N3O/c1-5-15-8-10-16(11-9-15)14-20(3)17(18-6-2)19-12-7-13-21-4/h8-11H,5-7,12-14H2,1-4H3,(H,18,19). The molecule has 0 bridgehead atoms. The number of ether oxygens (including phenoxy) is 1. The molecule has 0 aliphatic heterocycles. The van der Waals surface area contributed by atoms with E-state index >= 15 is 0 Å². The first-order valence-corrected chi connectivity index (χ1v) is 7.77. The smallest absolute Gasteiger partial charge is 0.193 e. The molecular weight excluding hydrogens is 262 g/mol. The van der Waals surface area contributed by atoms with Crippen molar-refractivity contribution in [2.45, 2.75) is 33.2 Å². The van der Waals surface area contributed by atoms with Crippen LogP contribution in [0.1, 0.15) is 31.4 Å². The van der Waals surface area contributed by atoms with Gasteiger partial charge in [-0.2, -0.15) is 0 Å². The summed E-state index contributed by atoms with van der Waals surface area (Å²) in [6.07, 6.45) is 2.03. The maximum atomic E-state index is 5.06. The Morgan fingerprint density at radius 1 is 1.19 bits per heavy atom. The van der Waals surface area contributed by atoms with Gasteiger partial charge in [-0.25, -0.2) is 0 Å². The molecular formula is C17H29N3O. The number of hydrogen-bond donors (Lipinski definition) is 1. The lowest BCUT2D eigenvalue weighted by atomic mass is 10.1. The minimum Gasteiger partial charge on any atom is -0.385 e. The Labute approximate surface area is 129 Å². The van der Waals surface area contributed by atoms with Gasteiger partial charge in [0.2, 0.25) is 0 Å². The van der Waals surface area contributed by atoms with Gasteiger partial charge in [0.15, 0.2) is 5.96 Å². The molecule has 1 aromatic carbocycles. The van der Waals surface area contributed by atoms with Crippen molar-refractivity contribution in [1.82, 2.24) is 10.2 Å². The quantitative estimate of drug-likeness (QED) is 0.454. The first kappa shape index (κ1) is 17.5. The van der Waals surface area contributed by atoms with Crippen molar-refractivity contribution in [2.24, 2.45) is 4.99 Å². The second-order valence-corrected chi connectivity index (χ2v) is 5.11. The SMILES string of the molecule is CCNC(=NCCCOC)N(C)Cc1ccc(CC)cc1. The Morgan fingerprint density at radius 2 is 1.86 bits per heavy atom. The lowest BCUT2D eigenvalue weighted by Crippen LogP contribution is -2.38. The molecule has 0 aromatic heterocycles. The zero-order valence-electron chi connectivity index (χ0n) is 13.9. The van der Waals surface area contributed by atoms with Crippen molar-refractivity contribution in [3.8, 4) is 0 Å². The third-order valence-electron chi connectivity index (χ3n) is 3.32.